The topological polar surface area (TPSA) is 77.6 Å². The summed E-state index contributed by atoms with van der Waals surface area (Å²) in [5.74, 6) is 1.04. The van der Waals surface area contributed by atoms with E-state index in [1.54, 1.807) is 31.4 Å². The molecule has 0 bridgehead atoms. The number of aliphatic hydroxyl groups is 1. The molecule has 1 heterocycles. The standard InChI is InChI=1S/C18H17FN2O4S/c1-23-14-8-6-12(7-9-14)17-20-21-18(25-17)26-11-13(22)10-24-16-5-3-2-4-15(16)19/h2-9,13,22H,10-11H2,1H3/t13-/m0/s1. The highest BCUT2D eigenvalue weighted by atomic mass is 32.2. The molecule has 3 aromatic rings. The Bertz CT molecular complexity index is 841. The third kappa shape index (κ3) is 4.74. The molecule has 136 valence electrons. The Morgan fingerprint density at radius 3 is 2.65 bits per heavy atom. The van der Waals surface area contributed by atoms with Crippen LogP contribution < -0.4 is 9.47 Å². The average Bonchev–Trinajstić information content (AvgIpc) is 3.15. The molecule has 6 nitrogen and oxygen atoms in total. The molecule has 0 unspecified atom stereocenters. The third-order valence-corrected chi connectivity index (χ3v) is 4.37. The summed E-state index contributed by atoms with van der Waals surface area (Å²) in [5, 5.41) is 18.2. The Morgan fingerprint density at radius 2 is 1.92 bits per heavy atom. The first kappa shape index (κ1) is 18.2. The summed E-state index contributed by atoms with van der Waals surface area (Å²) in [5.41, 5.74) is 0.772. The van der Waals surface area contributed by atoms with E-state index in [2.05, 4.69) is 10.2 Å². The molecule has 3 rings (SSSR count). The van der Waals surface area contributed by atoms with Crippen LogP contribution in [0, 0.1) is 5.82 Å². The second-order valence-electron chi connectivity index (χ2n) is 5.31. The van der Waals surface area contributed by atoms with Crippen molar-refractivity contribution in [2.24, 2.45) is 0 Å². The van der Waals surface area contributed by atoms with Gasteiger partial charge in [-0.1, -0.05) is 23.9 Å². The van der Waals surface area contributed by atoms with Crippen molar-refractivity contribution in [1.82, 2.24) is 10.2 Å². The van der Waals surface area contributed by atoms with E-state index in [-0.39, 0.29) is 18.1 Å². The minimum atomic E-state index is -0.809. The van der Waals surface area contributed by atoms with E-state index in [0.29, 0.717) is 11.1 Å². The average molecular weight is 376 g/mol. The summed E-state index contributed by atoms with van der Waals surface area (Å²) < 4.78 is 29.4. The molecule has 1 aromatic heterocycles. The number of methoxy groups -OCH3 is 1. The predicted octanol–water partition coefficient (Wildman–Crippen LogP) is 3.42. The fourth-order valence-corrected chi connectivity index (χ4v) is 2.75. The summed E-state index contributed by atoms with van der Waals surface area (Å²) >= 11 is 1.20. The summed E-state index contributed by atoms with van der Waals surface area (Å²) in [6.45, 7) is -0.0343. The number of rotatable bonds is 8. The molecule has 1 N–H and O–H groups in total. The van der Waals surface area contributed by atoms with Crippen molar-refractivity contribution in [3.63, 3.8) is 0 Å². The van der Waals surface area contributed by atoms with Crippen molar-refractivity contribution in [2.45, 2.75) is 11.3 Å². The van der Waals surface area contributed by atoms with Crippen LogP contribution in [0.5, 0.6) is 11.5 Å². The van der Waals surface area contributed by atoms with Crippen molar-refractivity contribution < 1.29 is 23.4 Å². The van der Waals surface area contributed by atoms with Gasteiger partial charge in [-0.05, 0) is 36.4 Å². The maximum Gasteiger partial charge on any atom is 0.276 e. The quantitative estimate of drug-likeness (QED) is 0.604. The zero-order chi connectivity index (χ0) is 18.4. The lowest BCUT2D eigenvalue weighted by Gasteiger charge is -2.11. The molecule has 0 saturated carbocycles. The van der Waals surface area contributed by atoms with Gasteiger partial charge in [-0.25, -0.2) is 4.39 Å². The van der Waals surface area contributed by atoms with Gasteiger partial charge in [0.05, 0.1) is 13.2 Å². The number of hydrogen-bond acceptors (Lipinski definition) is 7. The molecule has 1 atom stereocenters. The van der Waals surface area contributed by atoms with Crippen LogP contribution in [-0.2, 0) is 0 Å². The number of nitrogens with zero attached hydrogens (tertiary/aromatic N) is 2. The second kappa shape index (κ2) is 8.68. The monoisotopic (exact) mass is 376 g/mol. The number of thioether (sulfide) groups is 1. The number of para-hydroxylation sites is 1. The zero-order valence-corrected chi connectivity index (χ0v) is 14.8. The molecule has 0 radical (unpaired) electrons. The normalized spacial score (nSPS) is 12.0. The number of benzene rings is 2. The van der Waals surface area contributed by atoms with Gasteiger partial charge in [0.2, 0.25) is 5.89 Å². The lowest BCUT2D eigenvalue weighted by atomic mass is 10.2. The van der Waals surface area contributed by atoms with Crippen LogP contribution in [0.3, 0.4) is 0 Å². The molecule has 0 amide bonds. The number of aliphatic hydroxyl groups excluding tert-OH is 1. The molecule has 8 heteroatoms. The van der Waals surface area contributed by atoms with Crippen LogP contribution in [0.2, 0.25) is 0 Å². The van der Waals surface area contributed by atoms with Gasteiger partial charge in [0, 0.05) is 11.3 Å². The highest BCUT2D eigenvalue weighted by Gasteiger charge is 2.13. The van der Waals surface area contributed by atoms with E-state index in [1.165, 1.54) is 23.9 Å². The van der Waals surface area contributed by atoms with Gasteiger partial charge in [-0.15, -0.1) is 10.2 Å². The second-order valence-corrected chi connectivity index (χ2v) is 6.28. The largest absolute Gasteiger partial charge is 0.497 e. The molecule has 0 fully saturated rings. The molecule has 0 aliphatic heterocycles. The Labute approximate surface area is 154 Å². The van der Waals surface area contributed by atoms with E-state index in [4.69, 9.17) is 13.9 Å². The van der Waals surface area contributed by atoms with Crippen LogP contribution in [-0.4, -0.2) is 40.9 Å². The fraction of sp³-hybridized carbons (Fsp3) is 0.222. The minimum absolute atomic E-state index is 0.0343. The van der Waals surface area contributed by atoms with Crippen LogP contribution in [0.25, 0.3) is 11.5 Å². The van der Waals surface area contributed by atoms with Crippen LogP contribution in [0.15, 0.2) is 58.2 Å². The number of ether oxygens (including phenoxy) is 2. The molecular formula is C18H17FN2O4S. The van der Waals surface area contributed by atoms with Gasteiger partial charge in [-0.3, -0.25) is 0 Å². The van der Waals surface area contributed by atoms with Crippen molar-refractivity contribution in [1.29, 1.82) is 0 Å². The lowest BCUT2D eigenvalue weighted by molar-refractivity contribution is 0.123. The van der Waals surface area contributed by atoms with Crippen molar-refractivity contribution in [3.05, 3.63) is 54.3 Å². The highest BCUT2D eigenvalue weighted by molar-refractivity contribution is 7.99. The van der Waals surface area contributed by atoms with Crippen LogP contribution in [0.4, 0.5) is 4.39 Å². The Balaban J connectivity index is 1.50. The Morgan fingerprint density at radius 1 is 1.15 bits per heavy atom. The highest BCUT2D eigenvalue weighted by Crippen LogP contribution is 2.25. The number of aromatic nitrogens is 2. The van der Waals surface area contributed by atoms with Gasteiger partial charge in [-0.2, -0.15) is 0 Å². The lowest BCUT2D eigenvalue weighted by Crippen LogP contribution is -2.20. The van der Waals surface area contributed by atoms with Gasteiger partial charge in [0.15, 0.2) is 11.6 Å². The zero-order valence-electron chi connectivity index (χ0n) is 14.0. The maximum atomic E-state index is 13.4. The third-order valence-electron chi connectivity index (χ3n) is 3.41. The van der Waals surface area contributed by atoms with Crippen LogP contribution >= 0.6 is 11.8 Å². The fourth-order valence-electron chi connectivity index (χ4n) is 2.08. The van der Waals surface area contributed by atoms with Crippen molar-refractivity contribution >= 4 is 11.8 Å². The van der Waals surface area contributed by atoms with Gasteiger partial charge in [0.1, 0.15) is 12.4 Å². The SMILES string of the molecule is COc1ccc(-c2nnc(SC[C@@H](O)COc3ccccc3F)o2)cc1. The summed E-state index contributed by atoms with van der Waals surface area (Å²) in [7, 11) is 1.59. The summed E-state index contributed by atoms with van der Waals surface area (Å²) in [4.78, 5) is 0. The first-order valence-corrected chi connectivity index (χ1v) is 8.80. The summed E-state index contributed by atoms with van der Waals surface area (Å²) in [6, 6.07) is 13.3. The van der Waals surface area contributed by atoms with E-state index in [9.17, 15) is 9.50 Å². The molecule has 0 saturated heterocycles. The van der Waals surface area contributed by atoms with Crippen molar-refractivity contribution in [3.8, 4) is 23.0 Å². The molecule has 0 spiro atoms. The smallest absolute Gasteiger partial charge is 0.276 e. The van der Waals surface area contributed by atoms with Crippen molar-refractivity contribution in [2.75, 3.05) is 19.5 Å². The van der Waals surface area contributed by atoms with Gasteiger partial charge < -0.3 is 19.0 Å². The number of hydrogen-bond donors (Lipinski definition) is 1. The summed E-state index contributed by atoms with van der Waals surface area (Å²) in [6.07, 6.45) is -0.809. The Kier molecular flexibility index (Phi) is 6.08. The Hall–Kier alpha value is -2.58. The minimum Gasteiger partial charge on any atom is -0.497 e. The molecule has 26 heavy (non-hydrogen) atoms. The van der Waals surface area contributed by atoms with E-state index < -0.39 is 11.9 Å². The molecular weight excluding hydrogens is 359 g/mol. The van der Waals surface area contributed by atoms with Crippen LogP contribution in [0.1, 0.15) is 0 Å². The first-order chi connectivity index (χ1) is 12.7. The molecule has 0 aliphatic carbocycles. The van der Waals surface area contributed by atoms with E-state index >= 15 is 0 Å². The molecule has 2 aromatic carbocycles. The van der Waals surface area contributed by atoms with E-state index in [0.717, 1.165) is 11.3 Å². The maximum absolute atomic E-state index is 13.4. The predicted molar refractivity (Wildman–Crippen MR) is 94.9 cm³/mol. The van der Waals surface area contributed by atoms with E-state index in [1.807, 2.05) is 12.1 Å². The van der Waals surface area contributed by atoms with Gasteiger partial charge >= 0.3 is 0 Å². The van der Waals surface area contributed by atoms with Gasteiger partial charge in [0.25, 0.3) is 5.22 Å². The number of halogens is 1. The molecule has 0 aliphatic rings. The first-order valence-electron chi connectivity index (χ1n) is 7.82.